The predicted octanol–water partition coefficient (Wildman–Crippen LogP) is -0.818. The van der Waals surface area contributed by atoms with E-state index in [0.29, 0.717) is 0 Å². The summed E-state index contributed by atoms with van der Waals surface area (Å²) < 4.78 is 29.3. The number of hydrogen-bond donors (Lipinski definition) is 5. The van der Waals surface area contributed by atoms with Crippen molar-refractivity contribution in [3.8, 4) is 0 Å². The molecule has 0 fully saturated rings. The Labute approximate surface area is 126 Å². The maximum absolute atomic E-state index is 10.4. The van der Waals surface area contributed by atoms with Crippen molar-refractivity contribution in [2.75, 3.05) is 0 Å². The zero-order valence-electron chi connectivity index (χ0n) is 7.74. The molecular formula is C5H13N2NaO5S3. The zero-order chi connectivity index (χ0) is 12.6. The van der Waals surface area contributed by atoms with Gasteiger partial charge >= 0.3 is 29.6 Å². The van der Waals surface area contributed by atoms with E-state index in [4.69, 9.17) is 14.8 Å². The normalized spacial score (nSPS) is 11.1. The number of nitrogens with one attached hydrogen (secondary N) is 1. The first-order chi connectivity index (χ1) is 6.61. The molecule has 0 bridgehead atoms. The Kier molecular flexibility index (Phi) is 14.1. The van der Waals surface area contributed by atoms with E-state index in [-0.39, 0.29) is 36.0 Å². The van der Waals surface area contributed by atoms with Crippen LogP contribution in [0, 0.1) is 0 Å². The predicted molar refractivity (Wildman–Crippen MR) is 70.6 cm³/mol. The second kappa shape index (κ2) is 10.4. The van der Waals surface area contributed by atoms with Crippen molar-refractivity contribution in [3.05, 3.63) is 0 Å². The molecule has 0 aliphatic heterocycles. The van der Waals surface area contributed by atoms with E-state index < -0.39 is 25.8 Å². The topological polar surface area (TPSA) is 133 Å². The average Bonchev–Trinajstić information content (AvgIpc) is 1.96. The van der Waals surface area contributed by atoms with E-state index in [2.05, 4.69) is 30.2 Å². The van der Waals surface area contributed by atoms with Crippen LogP contribution in [0.25, 0.3) is 0 Å². The summed E-state index contributed by atoms with van der Waals surface area (Å²) in [6.07, 6.45) is 0.125. The zero-order valence-corrected chi connectivity index (χ0v) is 10.2. The summed E-state index contributed by atoms with van der Waals surface area (Å²) in [6.45, 7) is 1.53. The minimum atomic E-state index is -4.17. The molecule has 7 nitrogen and oxygen atoms in total. The molecule has 0 spiro atoms. The van der Waals surface area contributed by atoms with Gasteiger partial charge in [-0.2, -0.15) is 8.42 Å². The van der Waals surface area contributed by atoms with Gasteiger partial charge in [-0.15, -0.1) is 0 Å². The van der Waals surface area contributed by atoms with Crippen LogP contribution in [0.5, 0.6) is 0 Å². The quantitative estimate of drug-likeness (QED) is 0.257. The first kappa shape index (κ1) is 21.6. The van der Waals surface area contributed by atoms with Crippen LogP contribution >= 0.6 is 24.4 Å². The van der Waals surface area contributed by atoms with Crippen LogP contribution in [0.2, 0.25) is 0 Å². The molecule has 11 heteroatoms. The Morgan fingerprint density at radius 3 is 1.81 bits per heavy atom. The summed E-state index contributed by atoms with van der Waals surface area (Å²) in [6, 6.07) is 0. The van der Waals surface area contributed by atoms with Crippen LogP contribution in [-0.4, -0.2) is 68.5 Å². The van der Waals surface area contributed by atoms with E-state index in [9.17, 15) is 8.42 Å². The van der Waals surface area contributed by atoms with Gasteiger partial charge < -0.3 is 21.3 Å². The fourth-order valence-corrected chi connectivity index (χ4v) is 1.42. The summed E-state index contributed by atoms with van der Waals surface area (Å²) in [7, 11) is -4.17. The van der Waals surface area contributed by atoms with Gasteiger partial charge in [0.2, 0.25) is 0 Å². The molecule has 0 aromatic heterocycles. The van der Waals surface area contributed by atoms with Crippen LogP contribution in [-0.2, 0) is 10.1 Å². The number of thiocarbonyl (C=S) groups is 2. The average molecular weight is 300 g/mol. The Bertz CT molecular complexity index is 316. The van der Waals surface area contributed by atoms with E-state index in [1.54, 1.807) is 0 Å². The van der Waals surface area contributed by atoms with Gasteiger partial charge in [-0.1, -0.05) is 6.92 Å². The summed E-state index contributed by atoms with van der Waals surface area (Å²) in [5, 5.41) is 15.7. The van der Waals surface area contributed by atoms with Gasteiger partial charge in [0, 0.05) is 0 Å². The van der Waals surface area contributed by atoms with Crippen molar-refractivity contribution in [2.45, 2.75) is 18.7 Å². The van der Waals surface area contributed by atoms with Crippen LogP contribution in [0.1, 0.15) is 13.3 Å². The molecule has 0 radical (unpaired) electrons. The van der Waals surface area contributed by atoms with E-state index in [1.807, 2.05) is 5.32 Å². The molecule has 0 aromatic rings. The number of rotatable bonds is 3. The molecule has 0 saturated heterocycles. The van der Waals surface area contributed by atoms with Crippen LogP contribution in [0.3, 0.4) is 0 Å². The molecule has 0 saturated carbocycles. The first-order valence-corrected chi connectivity index (χ1v) is 5.87. The third kappa shape index (κ3) is 16.7. The monoisotopic (exact) mass is 300 g/mol. The van der Waals surface area contributed by atoms with Crippen LogP contribution in [0.15, 0.2) is 0 Å². The van der Waals surface area contributed by atoms with E-state index in [1.165, 1.54) is 6.92 Å². The summed E-state index contributed by atoms with van der Waals surface area (Å²) in [4.78, 5) is 0. The fourth-order valence-electron chi connectivity index (χ4n) is 0.525. The molecular weight excluding hydrogens is 287 g/mol. The Morgan fingerprint density at radius 1 is 1.44 bits per heavy atom. The Hall–Kier alpha value is 0.290. The van der Waals surface area contributed by atoms with Crippen LogP contribution < -0.4 is 11.1 Å². The van der Waals surface area contributed by atoms with Crippen molar-refractivity contribution in [1.82, 2.24) is 5.32 Å². The van der Waals surface area contributed by atoms with Gasteiger partial charge in [0.05, 0.1) is 0 Å². The number of nitrogens with two attached hydrogens (primary N) is 1. The minimum absolute atomic E-state index is 0. The van der Waals surface area contributed by atoms with Crippen molar-refractivity contribution in [1.29, 1.82) is 0 Å². The second-order valence-electron chi connectivity index (χ2n) is 2.20. The molecule has 0 aliphatic rings. The molecule has 1 unspecified atom stereocenters. The van der Waals surface area contributed by atoms with Gasteiger partial charge in [0.15, 0.2) is 5.37 Å². The summed E-state index contributed by atoms with van der Waals surface area (Å²) in [5.74, 6) is 0. The molecule has 6 N–H and O–H groups in total. The van der Waals surface area contributed by atoms with Gasteiger partial charge in [-0.25, -0.2) is 0 Å². The molecule has 0 rings (SSSR count). The number of hydrogen-bond acceptors (Lipinski definition) is 4. The van der Waals surface area contributed by atoms with Crippen molar-refractivity contribution in [2.24, 2.45) is 5.73 Å². The summed E-state index contributed by atoms with van der Waals surface area (Å²) >= 11 is 8.05. The van der Waals surface area contributed by atoms with Crippen LogP contribution in [0.4, 0.5) is 0 Å². The van der Waals surface area contributed by atoms with Crippen molar-refractivity contribution >= 4 is 74.5 Å². The fraction of sp³-hybridized carbons (Fsp3) is 0.600. The van der Waals surface area contributed by atoms with E-state index in [0.717, 1.165) is 0 Å². The van der Waals surface area contributed by atoms with Crippen molar-refractivity contribution < 1.29 is 23.2 Å². The Morgan fingerprint density at radius 2 is 1.75 bits per heavy atom. The maximum atomic E-state index is 10.4. The molecule has 0 aromatic carbocycles. The first-order valence-electron chi connectivity index (χ1n) is 3.55. The summed E-state index contributed by atoms with van der Waals surface area (Å²) in [5.41, 5.74) is 4.40. The van der Waals surface area contributed by atoms with E-state index >= 15 is 0 Å². The van der Waals surface area contributed by atoms with Gasteiger partial charge in [-0.3, -0.25) is 4.55 Å². The molecule has 16 heavy (non-hydrogen) atoms. The number of aliphatic hydroxyl groups is 2. The molecule has 0 amide bonds. The third-order valence-corrected chi connectivity index (χ3v) is 2.30. The SMILES string of the molecule is CCC(NC(O)=S)S(=O)(=O)O.NC(O)=S.[NaH]. The third-order valence-electron chi connectivity index (χ3n) is 1.01. The Balaban J connectivity index is -0.000000292. The standard InChI is InChI=1S/C4H9NO4S2.CH3NOS.Na.H/c1-2-3(5-4(6)10)11(7,8)9;2-1(3)4;;/h3H,2H2,1H3,(H2,5,6,10)(H,7,8,9);(H3,2,3,4);;. The molecule has 0 aliphatic carbocycles. The van der Waals surface area contributed by atoms with Gasteiger partial charge in [0.25, 0.3) is 20.5 Å². The second-order valence-corrected chi connectivity index (χ2v) is 4.60. The van der Waals surface area contributed by atoms with Crippen molar-refractivity contribution in [3.63, 3.8) is 0 Å². The van der Waals surface area contributed by atoms with Gasteiger partial charge in [-0.05, 0) is 30.9 Å². The molecule has 92 valence electrons. The van der Waals surface area contributed by atoms with Gasteiger partial charge in [0.1, 0.15) is 0 Å². The molecule has 0 heterocycles. The molecule has 1 atom stereocenters. The number of aliphatic hydroxyl groups excluding tert-OH is 2.